The molecular formula is C16H26N2O2. The Balaban J connectivity index is 2.24. The van der Waals surface area contributed by atoms with Crippen molar-refractivity contribution in [1.82, 2.24) is 5.32 Å². The lowest BCUT2D eigenvalue weighted by molar-refractivity contribution is 0.392. The van der Waals surface area contributed by atoms with E-state index in [0.29, 0.717) is 12.0 Å². The largest absolute Gasteiger partial charge is 0.497 e. The van der Waals surface area contributed by atoms with Crippen molar-refractivity contribution in [1.29, 1.82) is 0 Å². The summed E-state index contributed by atoms with van der Waals surface area (Å²) in [4.78, 5) is 2.42. The van der Waals surface area contributed by atoms with Gasteiger partial charge in [-0.3, -0.25) is 0 Å². The van der Waals surface area contributed by atoms with E-state index in [1.54, 1.807) is 14.2 Å². The van der Waals surface area contributed by atoms with Crippen molar-refractivity contribution in [2.24, 2.45) is 5.92 Å². The Hall–Kier alpha value is -1.42. The maximum absolute atomic E-state index is 5.54. The zero-order valence-electron chi connectivity index (χ0n) is 13.0. The SMILES string of the molecule is COc1ccc(N2CCCNC(C(C)C)C2)c(OC)c1. The third kappa shape index (κ3) is 3.37. The van der Waals surface area contributed by atoms with Gasteiger partial charge in [0.25, 0.3) is 0 Å². The molecule has 1 aliphatic rings. The van der Waals surface area contributed by atoms with Crippen LogP contribution in [-0.4, -0.2) is 39.9 Å². The third-order valence-electron chi connectivity index (χ3n) is 3.96. The molecule has 0 radical (unpaired) electrons. The van der Waals surface area contributed by atoms with Crippen molar-refractivity contribution >= 4 is 5.69 Å². The second-order valence-corrected chi connectivity index (χ2v) is 5.64. The monoisotopic (exact) mass is 278 g/mol. The summed E-state index contributed by atoms with van der Waals surface area (Å²) in [6.45, 7) is 7.69. The number of hydrogen-bond acceptors (Lipinski definition) is 4. The number of nitrogens with zero attached hydrogens (tertiary/aromatic N) is 1. The summed E-state index contributed by atoms with van der Waals surface area (Å²) in [6.07, 6.45) is 1.15. The smallest absolute Gasteiger partial charge is 0.145 e. The number of hydrogen-bond donors (Lipinski definition) is 1. The van der Waals surface area contributed by atoms with Gasteiger partial charge in [0.15, 0.2) is 0 Å². The van der Waals surface area contributed by atoms with Gasteiger partial charge in [-0.15, -0.1) is 0 Å². The molecule has 0 bridgehead atoms. The minimum Gasteiger partial charge on any atom is -0.497 e. The molecule has 112 valence electrons. The van der Waals surface area contributed by atoms with Gasteiger partial charge >= 0.3 is 0 Å². The van der Waals surface area contributed by atoms with Crippen molar-refractivity contribution in [2.45, 2.75) is 26.3 Å². The molecule has 0 aromatic heterocycles. The molecule has 4 nitrogen and oxygen atoms in total. The van der Waals surface area contributed by atoms with Crippen LogP contribution in [0.1, 0.15) is 20.3 Å². The van der Waals surface area contributed by atoms with E-state index in [-0.39, 0.29) is 0 Å². The quantitative estimate of drug-likeness (QED) is 0.917. The van der Waals surface area contributed by atoms with Crippen LogP contribution in [0, 0.1) is 5.92 Å². The van der Waals surface area contributed by atoms with Gasteiger partial charge in [-0.25, -0.2) is 0 Å². The van der Waals surface area contributed by atoms with Gasteiger partial charge in [-0.1, -0.05) is 13.8 Å². The fourth-order valence-corrected chi connectivity index (χ4v) is 2.66. The third-order valence-corrected chi connectivity index (χ3v) is 3.96. The first-order valence-corrected chi connectivity index (χ1v) is 7.36. The number of rotatable bonds is 4. The molecule has 4 heteroatoms. The summed E-state index contributed by atoms with van der Waals surface area (Å²) in [6, 6.07) is 6.57. The average molecular weight is 278 g/mol. The summed E-state index contributed by atoms with van der Waals surface area (Å²) in [7, 11) is 3.40. The molecule has 1 unspecified atom stereocenters. The summed E-state index contributed by atoms with van der Waals surface area (Å²) < 4.78 is 10.8. The van der Waals surface area contributed by atoms with Crippen LogP contribution in [0.25, 0.3) is 0 Å². The van der Waals surface area contributed by atoms with Crippen LogP contribution in [0.4, 0.5) is 5.69 Å². The van der Waals surface area contributed by atoms with Crippen LogP contribution in [-0.2, 0) is 0 Å². The average Bonchev–Trinajstić information content (AvgIpc) is 2.72. The summed E-state index contributed by atoms with van der Waals surface area (Å²) in [5.74, 6) is 2.34. The summed E-state index contributed by atoms with van der Waals surface area (Å²) in [5.41, 5.74) is 1.16. The van der Waals surface area contributed by atoms with Crippen molar-refractivity contribution in [2.75, 3.05) is 38.8 Å². The second-order valence-electron chi connectivity index (χ2n) is 5.64. The highest BCUT2D eigenvalue weighted by atomic mass is 16.5. The molecule has 2 rings (SSSR count). The normalized spacial score (nSPS) is 19.9. The van der Waals surface area contributed by atoms with E-state index < -0.39 is 0 Å². The zero-order valence-corrected chi connectivity index (χ0v) is 13.0. The number of anilines is 1. The molecule has 0 saturated carbocycles. The summed E-state index contributed by atoms with van der Waals surface area (Å²) >= 11 is 0. The highest BCUT2D eigenvalue weighted by Gasteiger charge is 2.22. The topological polar surface area (TPSA) is 33.7 Å². The predicted octanol–water partition coefficient (Wildman–Crippen LogP) is 2.53. The van der Waals surface area contributed by atoms with Gasteiger partial charge in [-0.05, 0) is 31.0 Å². The number of benzene rings is 1. The molecule has 1 saturated heterocycles. The molecule has 0 spiro atoms. The summed E-state index contributed by atoms with van der Waals surface area (Å²) in [5, 5.41) is 3.63. The van der Waals surface area contributed by atoms with Gasteiger partial charge in [-0.2, -0.15) is 0 Å². The maximum Gasteiger partial charge on any atom is 0.145 e. The number of nitrogens with one attached hydrogen (secondary N) is 1. The van der Waals surface area contributed by atoms with Gasteiger partial charge in [0.2, 0.25) is 0 Å². The Morgan fingerprint density at radius 1 is 1.25 bits per heavy atom. The first kappa shape index (κ1) is 15.0. The van der Waals surface area contributed by atoms with E-state index in [9.17, 15) is 0 Å². The zero-order chi connectivity index (χ0) is 14.5. The van der Waals surface area contributed by atoms with E-state index in [2.05, 4.69) is 30.1 Å². The van der Waals surface area contributed by atoms with Crippen LogP contribution in [0.15, 0.2) is 18.2 Å². The Labute approximate surface area is 122 Å². The van der Waals surface area contributed by atoms with Gasteiger partial charge in [0.05, 0.1) is 19.9 Å². The minimum absolute atomic E-state index is 0.518. The fourth-order valence-electron chi connectivity index (χ4n) is 2.66. The van der Waals surface area contributed by atoms with Crippen LogP contribution in [0.2, 0.25) is 0 Å². The van der Waals surface area contributed by atoms with Crippen LogP contribution in [0.3, 0.4) is 0 Å². The molecule has 1 heterocycles. The first-order valence-electron chi connectivity index (χ1n) is 7.36. The van der Waals surface area contributed by atoms with Crippen molar-refractivity contribution in [3.8, 4) is 11.5 Å². The molecule has 1 atom stereocenters. The Kier molecular flexibility index (Phi) is 5.12. The molecule has 1 fully saturated rings. The van der Waals surface area contributed by atoms with Gasteiger partial charge in [0.1, 0.15) is 11.5 Å². The van der Waals surface area contributed by atoms with Gasteiger partial charge < -0.3 is 19.7 Å². The molecule has 20 heavy (non-hydrogen) atoms. The van der Waals surface area contributed by atoms with E-state index in [0.717, 1.165) is 43.2 Å². The molecule has 1 aromatic carbocycles. The Bertz CT molecular complexity index is 434. The highest BCUT2D eigenvalue weighted by molar-refractivity contribution is 5.61. The standard InChI is InChI=1S/C16H26N2O2/c1-12(2)14-11-18(9-5-8-17-14)15-7-6-13(19-3)10-16(15)20-4/h6-7,10,12,14,17H,5,8-9,11H2,1-4H3. The van der Waals surface area contributed by atoms with Gasteiger partial charge in [0, 0.05) is 25.2 Å². The molecule has 1 aliphatic heterocycles. The van der Waals surface area contributed by atoms with Crippen molar-refractivity contribution in [3.05, 3.63) is 18.2 Å². The van der Waals surface area contributed by atoms with Crippen LogP contribution in [0.5, 0.6) is 11.5 Å². The van der Waals surface area contributed by atoms with Crippen LogP contribution < -0.4 is 19.7 Å². The van der Waals surface area contributed by atoms with E-state index in [1.807, 2.05) is 12.1 Å². The number of ether oxygens (including phenoxy) is 2. The van der Waals surface area contributed by atoms with E-state index in [4.69, 9.17) is 9.47 Å². The lowest BCUT2D eigenvalue weighted by Crippen LogP contribution is -2.41. The maximum atomic E-state index is 5.54. The van der Waals surface area contributed by atoms with E-state index in [1.165, 1.54) is 0 Å². The van der Waals surface area contributed by atoms with Crippen molar-refractivity contribution < 1.29 is 9.47 Å². The minimum atomic E-state index is 0.518. The van der Waals surface area contributed by atoms with Crippen LogP contribution >= 0.6 is 0 Å². The van der Waals surface area contributed by atoms with Crippen molar-refractivity contribution in [3.63, 3.8) is 0 Å². The lowest BCUT2D eigenvalue weighted by atomic mass is 10.0. The fraction of sp³-hybridized carbons (Fsp3) is 0.625. The molecule has 0 aliphatic carbocycles. The second kappa shape index (κ2) is 6.84. The molecular weight excluding hydrogens is 252 g/mol. The first-order chi connectivity index (χ1) is 9.65. The Morgan fingerprint density at radius 2 is 2.05 bits per heavy atom. The van der Waals surface area contributed by atoms with E-state index >= 15 is 0 Å². The molecule has 1 aromatic rings. The Morgan fingerprint density at radius 3 is 2.70 bits per heavy atom. The molecule has 0 amide bonds. The molecule has 1 N–H and O–H groups in total. The predicted molar refractivity (Wildman–Crippen MR) is 83.0 cm³/mol. The highest BCUT2D eigenvalue weighted by Crippen LogP contribution is 2.33. The number of methoxy groups -OCH3 is 2. The lowest BCUT2D eigenvalue weighted by Gasteiger charge is -2.29.